The number of nitrogens with one attached hydrogen (secondary N) is 2. The standard InChI is InChI=1S/C19H23ClFN3O.HI/c1-13(15-5-4-6-17(20)10-15)24-19(22-2)23-11-14-7-8-18(21)16(9-14)12-25-3;/h4-10,13H,11-12H2,1-3H3,(H2,22,23,24);1H. The van der Waals surface area contributed by atoms with Gasteiger partial charge in [0.2, 0.25) is 0 Å². The van der Waals surface area contributed by atoms with Gasteiger partial charge >= 0.3 is 0 Å². The zero-order valence-corrected chi connectivity index (χ0v) is 18.1. The lowest BCUT2D eigenvalue weighted by Crippen LogP contribution is -2.38. The van der Waals surface area contributed by atoms with Crippen molar-refractivity contribution in [1.82, 2.24) is 10.6 Å². The quantitative estimate of drug-likeness (QED) is 0.351. The zero-order chi connectivity index (χ0) is 18.2. The third kappa shape index (κ3) is 6.74. The third-order valence-electron chi connectivity index (χ3n) is 3.80. The van der Waals surface area contributed by atoms with Crippen molar-refractivity contribution in [2.75, 3.05) is 14.2 Å². The maximum Gasteiger partial charge on any atom is 0.191 e. The molecule has 0 amide bonds. The van der Waals surface area contributed by atoms with Crippen LogP contribution in [-0.2, 0) is 17.9 Å². The van der Waals surface area contributed by atoms with Crippen molar-refractivity contribution < 1.29 is 9.13 Å². The molecule has 0 heterocycles. The Balaban J connectivity index is 0.00000338. The maximum absolute atomic E-state index is 13.7. The summed E-state index contributed by atoms with van der Waals surface area (Å²) in [5, 5.41) is 7.25. The van der Waals surface area contributed by atoms with Gasteiger partial charge in [-0.2, -0.15) is 0 Å². The molecule has 2 aromatic carbocycles. The van der Waals surface area contributed by atoms with Gasteiger partial charge in [-0.1, -0.05) is 29.8 Å². The average molecular weight is 492 g/mol. The van der Waals surface area contributed by atoms with Gasteiger partial charge in [0.05, 0.1) is 12.6 Å². The van der Waals surface area contributed by atoms with Crippen LogP contribution in [0.1, 0.15) is 29.7 Å². The van der Waals surface area contributed by atoms with Crippen LogP contribution >= 0.6 is 35.6 Å². The first-order valence-electron chi connectivity index (χ1n) is 8.02. The molecule has 0 aliphatic heterocycles. The van der Waals surface area contributed by atoms with Crippen LogP contribution in [0.3, 0.4) is 0 Å². The van der Waals surface area contributed by atoms with Gasteiger partial charge in [-0.25, -0.2) is 4.39 Å². The van der Waals surface area contributed by atoms with Gasteiger partial charge in [-0.05, 0) is 42.3 Å². The van der Waals surface area contributed by atoms with E-state index in [2.05, 4.69) is 15.6 Å². The van der Waals surface area contributed by atoms with Gasteiger partial charge in [0.1, 0.15) is 5.82 Å². The van der Waals surface area contributed by atoms with E-state index in [-0.39, 0.29) is 42.4 Å². The first kappa shape index (κ1) is 22.7. The van der Waals surface area contributed by atoms with Crippen LogP contribution in [0.2, 0.25) is 5.02 Å². The smallest absolute Gasteiger partial charge is 0.191 e. The maximum atomic E-state index is 13.7. The topological polar surface area (TPSA) is 45.7 Å². The van der Waals surface area contributed by atoms with Crippen molar-refractivity contribution in [3.8, 4) is 0 Å². The van der Waals surface area contributed by atoms with Crippen LogP contribution in [0, 0.1) is 5.82 Å². The van der Waals surface area contributed by atoms with Crippen molar-refractivity contribution in [3.63, 3.8) is 0 Å². The first-order valence-corrected chi connectivity index (χ1v) is 8.40. The highest BCUT2D eigenvalue weighted by Gasteiger charge is 2.09. The molecule has 1 atom stereocenters. The van der Waals surface area contributed by atoms with Crippen LogP contribution in [0.15, 0.2) is 47.5 Å². The number of ether oxygens (including phenoxy) is 1. The molecule has 0 aromatic heterocycles. The minimum atomic E-state index is -0.261. The summed E-state index contributed by atoms with van der Waals surface area (Å²) < 4.78 is 18.7. The Kier molecular flexibility index (Phi) is 9.90. The summed E-state index contributed by atoms with van der Waals surface area (Å²) in [4.78, 5) is 4.23. The number of hydrogen-bond donors (Lipinski definition) is 2. The molecule has 1 unspecified atom stereocenters. The average Bonchev–Trinajstić information content (AvgIpc) is 2.61. The largest absolute Gasteiger partial charge is 0.380 e. The molecule has 2 rings (SSSR count). The summed E-state index contributed by atoms with van der Waals surface area (Å²) >= 11 is 6.04. The van der Waals surface area contributed by atoms with Gasteiger partial charge in [0.25, 0.3) is 0 Å². The van der Waals surface area contributed by atoms with Crippen LogP contribution in [0.4, 0.5) is 4.39 Å². The Bertz CT molecular complexity index is 742. The van der Waals surface area contributed by atoms with Gasteiger partial charge in [-0.15, -0.1) is 24.0 Å². The van der Waals surface area contributed by atoms with E-state index >= 15 is 0 Å². The second kappa shape index (κ2) is 11.4. The Morgan fingerprint density at radius 3 is 2.69 bits per heavy atom. The summed E-state index contributed by atoms with van der Waals surface area (Å²) in [6.07, 6.45) is 0. The Labute approximate surface area is 176 Å². The van der Waals surface area contributed by atoms with E-state index in [4.69, 9.17) is 16.3 Å². The SMILES string of the molecule is CN=C(NCc1ccc(F)c(COC)c1)NC(C)c1cccc(Cl)c1.I. The number of halogens is 3. The van der Waals surface area contributed by atoms with E-state index in [1.165, 1.54) is 6.07 Å². The Morgan fingerprint density at radius 1 is 1.27 bits per heavy atom. The molecular formula is C19H24ClFIN3O. The molecule has 0 aliphatic rings. The molecule has 0 bridgehead atoms. The van der Waals surface area contributed by atoms with Crippen LogP contribution in [0.5, 0.6) is 0 Å². The predicted molar refractivity (Wildman–Crippen MR) is 116 cm³/mol. The molecule has 2 N–H and O–H groups in total. The lowest BCUT2D eigenvalue weighted by molar-refractivity contribution is 0.181. The van der Waals surface area contributed by atoms with Crippen LogP contribution in [0.25, 0.3) is 0 Å². The van der Waals surface area contributed by atoms with E-state index in [0.717, 1.165) is 11.1 Å². The molecule has 0 spiro atoms. The fourth-order valence-corrected chi connectivity index (χ4v) is 2.65. The highest BCUT2D eigenvalue weighted by atomic mass is 127. The number of methoxy groups -OCH3 is 1. The Morgan fingerprint density at radius 2 is 2.04 bits per heavy atom. The monoisotopic (exact) mass is 491 g/mol. The molecule has 26 heavy (non-hydrogen) atoms. The minimum absolute atomic E-state index is 0. The molecule has 7 heteroatoms. The molecule has 2 aromatic rings. The minimum Gasteiger partial charge on any atom is -0.380 e. The van der Waals surface area contributed by atoms with Crippen molar-refractivity contribution in [3.05, 3.63) is 70.0 Å². The van der Waals surface area contributed by atoms with Gasteiger partial charge < -0.3 is 15.4 Å². The van der Waals surface area contributed by atoms with E-state index in [0.29, 0.717) is 23.1 Å². The van der Waals surface area contributed by atoms with Crippen molar-refractivity contribution >= 4 is 41.5 Å². The number of nitrogens with zero attached hydrogens (tertiary/aromatic N) is 1. The molecule has 0 radical (unpaired) electrons. The molecule has 0 saturated heterocycles. The summed E-state index contributed by atoms with van der Waals surface area (Å²) in [5.74, 6) is 0.396. The van der Waals surface area contributed by atoms with Crippen LogP contribution < -0.4 is 10.6 Å². The molecule has 0 aliphatic carbocycles. The fourth-order valence-electron chi connectivity index (χ4n) is 2.45. The highest BCUT2D eigenvalue weighted by Crippen LogP contribution is 2.17. The number of benzene rings is 2. The molecule has 0 fully saturated rings. The van der Waals surface area contributed by atoms with Gasteiger partial charge in [0.15, 0.2) is 5.96 Å². The van der Waals surface area contributed by atoms with Gasteiger partial charge in [0, 0.05) is 31.3 Å². The fraction of sp³-hybridized carbons (Fsp3) is 0.316. The summed E-state index contributed by atoms with van der Waals surface area (Å²) in [5.41, 5.74) is 2.56. The second-order valence-electron chi connectivity index (χ2n) is 5.71. The van der Waals surface area contributed by atoms with Crippen LogP contribution in [-0.4, -0.2) is 20.1 Å². The summed E-state index contributed by atoms with van der Waals surface area (Å²) in [6, 6.07) is 12.7. The van der Waals surface area contributed by atoms with E-state index in [9.17, 15) is 4.39 Å². The predicted octanol–water partition coefficient (Wildman–Crippen LogP) is 4.67. The zero-order valence-electron chi connectivity index (χ0n) is 15.1. The number of rotatable bonds is 6. The summed E-state index contributed by atoms with van der Waals surface area (Å²) in [7, 11) is 3.26. The summed E-state index contributed by atoms with van der Waals surface area (Å²) in [6.45, 7) is 2.81. The van der Waals surface area contributed by atoms with E-state index in [1.807, 2.05) is 31.2 Å². The molecular weight excluding hydrogens is 468 g/mol. The second-order valence-corrected chi connectivity index (χ2v) is 6.14. The third-order valence-corrected chi connectivity index (χ3v) is 4.03. The first-order chi connectivity index (χ1) is 12.0. The van der Waals surface area contributed by atoms with Crippen molar-refractivity contribution in [1.29, 1.82) is 0 Å². The van der Waals surface area contributed by atoms with E-state index in [1.54, 1.807) is 26.3 Å². The number of aliphatic imine (C=N–C) groups is 1. The normalized spacial score (nSPS) is 12.3. The highest BCUT2D eigenvalue weighted by molar-refractivity contribution is 14.0. The lowest BCUT2D eigenvalue weighted by atomic mass is 10.1. The van der Waals surface area contributed by atoms with Crippen molar-refractivity contribution in [2.45, 2.75) is 26.1 Å². The Hall–Kier alpha value is -1.38. The molecule has 0 saturated carbocycles. The molecule has 4 nitrogen and oxygen atoms in total. The van der Waals surface area contributed by atoms with Gasteiger partial charge in [-0.3, -0.25) is 4.99 Å². The molecule has 142 valence electrons. The van der Waals surface area contributed by atoms with E-state index < -0.39 is 0 Å². The lowest BCUT2D eigenvalue weighted by Gasteiger charge is -2.18. The van der Waals surface area contributed by atoms with Crippen molar-refractivity contribution in [2.24, 2.45) is 4.99 Å². The number of hydrogen-bond acceptors (Lipinski definition) is 2. The number of guanidine groups is 1.